The summed E-state index contributed by atoms with van der Waals surface area (Å²) in [4.78, 5) is 26.3. The summed E-state index contributed by atoms with van der Waals surface area (Å²) < 4.78 is 12.6. The molecule has 0 unspecified atom stereocenters. The molecule has 142 valence electrons. The predicted octanol–water partition coefficient (Wildman–Crippen LogP) is 4.01. The normalized spacial score (nSPS) is 12.3. The highest BCUT2D eigenvalue weighted by Gasteiger charge is 2.20. The maximum Gasteiger partial charge on any atom is 0.231 e. The number of fused-ring (bicyclic) bond motifs is 2. The second kappa shape index (κ2) is 6.95. The van der Waals surface area contributed by atoms with Gasteiger partial charge in [-0.1, -0.05) is 42.5 Å². The van der Waals surface area contributed by atoms with Crippen molar-refractivity contribution in [2.75, 3.05) is 6.79 Å². The average Bonchev–Trinajstić information content (AvgIpc) is 3.24. The fraction of sp³-hybridized carbons (Fsp3) is 0.0833. The largest absolute Gasteiger partial charge is 0.454 e. The number of aromatic nitrogens is 1. The van der Waals surface area contributed by atoms with Crippen molar-refractivity contribution in [3.05, 3.63) is 106 Å². The Bertz CT molecular complexity index is 1290. The Balaban J connectivity index is 1.64. The molecule has 0 saturated heterocycles. The van der Waals surface area contributed by atoms with E-state index < -0.39 is 0 Å². The van der Waals surface area contributed by atoms with Crippen LogP contribution >= 0.6 is 0 Å². The SMILES string of the molecule is O=C(c1ccc2c(c1)OCO2)c1cn(Cc2ccccc2)c2ccccc2c1=O. The van der Waals surface area contributed by atoms with Gasteiger partial charge in [-0.15, -0.1) is 0 Å². The Kier molecular flexibility index (Phi) is 4.13. The number of ketones is 1. The van der Waals surface area contributed by atoms with Gasteiger partial charge in [0.15, 0.2) is 17.3 Å². The Morgan fingerprint density at radius 1 is 0.897 bits per heavy atom. The zero-order valence-electron chi connectivity index (χ0n) is 15.5. The summed E-state index contributed by atoms with van der Waals surface area (Å²) in [6, 6.07) is 22.3. The van der Waals surface area contributed by atoms with Gasteiger partial charge in [-0.05, 0) is 35.9 Å². The molecule has 0 N–H and O–H groups in total. The summed E-state index contributed by atoms with van der Waals surface area (Å²) >= 11 is 0. The molecule has 0 bridgehead atoms. The van der Waals surface area contributed by atoms with Gasteiger partial charge >= 0.3 is 0 Å². The number of para-hydroxylation sites is 1. The molecule has 0 saturated carbocycles. The van der Waals surface area contributed by atoms with Crippen LogP contribution in [-0.2, 0) is 6.54 Å². The molecule has 0 aliphatic carbocycles. The monoisotopic (exact) mass is 383 g/mol. The maximum absolute atomic E-state index is 13.2. The van der Waals surface area contributed by atoms with Gasteiger partial charge < -0.3 is 14.0 Å². The number of nitrogens with zero attached hydrogens (tertiary/aromatic N) is 1. The second-order valence-electron chi connectivity index (χ2n) is 6.90. The molecule has 5 heteroatoms. The summed E-state index contributed by atoms with van der Waals surface area (Å²) in [5.74, 6) is 0.781. The molecule has 0 spiro atoms. The smallest absolute Gasteiger partial charge is 0.231 e. The molecule has 0 fully saturated rings. The van der Waals surface area contributed by atoms with Gasteiger partial charge in [-0.2, -0.15) is 0 Å². The van der Waals surface area contributed by atoms with Crippen LogP contribution in [0.4, 0.5) is 0 Å². The topological polar surface area (TPSA) is 57.5 Å². The van der Waals surface area contributed by atoms with E-state index in [1.165, 1.54) is 0 Å². The van der Waals surface area contributed by atoms with Crippen LogP contribution in [0.15, 0.2) is 83.8 Å². The van der Waals surface area contributed by atoms with Gasteiger partial charge in [0.1, 0.15) is 0 Å². The molecule has 4 aromatic rings. The highest BCUT2D eigenvalue weighted by molar-refractivity contribution is 6.10. The van der Waals surface area contributed by atoms with E-state index in [-0.39, 0.29) is 23.6 Å². The summed E-state index contributed by atoms with van der Waals surface area (Å²) in [7, 11) is 0. The summed E-state index contributed by atoms with van der Waals surface area (Å²) in [6.07, 6.45) is 1.66. The van der Waals surface area contributed by atoms with E-state index in [1.807, 2.05) is 53.1 Å². The molecule has 1 aromatic heterocycles. The molecule has 3 aromatic carbocycles. The van der Waals surface area contributed by atoms with E-state index >= 15 is 0 Å². The van der Waals surface area contributed by atoms with Crippen LogP contribution in [0.5, 0.6) is 11.5 Å². The number of hydrogen-bond acceptors (Lipinski definition) is 4. The minimum Gasteiger partial charge on any atom is -0.454 e. The third-order valence-corrected chi connectivity index (χ3v) is 5.06. The van der Waals surface area contributed by atoms with Crippen molar-refractivity contribution in [1.29, 1.82) is 0 Å². The lowest BCUT2D eigenvalue weighted by molar-refractivity contribution is 0.103. The van der Waals surface area contributed by atoms with E-state index in [4.69, 9.17) is 9.47 Å². The molecule has 29 heavy (non-hydrogen) atoms. The highest BCUT2D eigenvalue weighted by atomic mass is 16.7. The maximum atomic E-state index is 13.2. The van der Waals surface area contributed by atoms with Crippen molar-refractivity contribution in [1.82, 2.24) is 4.57 Å². The number of carbonyl (C=O) groups excluding carboxylic acids is 1. The standard InChI is InChI=1S/C24H17NO4/c26-23(17-10-11-21-22(12-17)29-15-28-21)19-14-25(13-16-6-2-1-3-7-16)20-9-5-4-8-18(20)24(19)27/h1-12,14H,13,15H2. The van der Waals surface area contributed by atoms with E-state index in [1.54, 1.807) is 30.5 Å². The molecule has 5 rings (SSSR count). The summed E-state index contributed by atoms with van der Waals surface area (Å²) in [5.41, 5.74) is 2.14. The van der Waals surface area contributed by atoms with Gasteiger partial charge in [0.2, 0.25) is 12.2 Å². The van der Waals surface area contributed by atoms with E-state index in [0.29, 0.717) is 29.0 Å². The molecule has 1 aliphatic heterocycles. The second-order valence-corrected chi connectivity index (χ2v) is 6.90. The Hall–Kier alpha value is -3.86. The molecule has 2 heterocycles. The van der Waals surface area contributed by atoms with Crippen molar-refractivity contribution in [2.24, 2.45) is 0 Å². The number of benzene rings is 3. The lowest BCUT2D eigenvalue weighted by Gasteiger charge is -2.13. The minimum absolute atomic E-state index is 0.132. The first kappa shape index (κ1) is 17.3. The summed E-state index contributed by atoms with van der Waals surface area (Å²) in [5, 5.41) is 0.523. The third-order valence-electron chi connectivity index (χ3n) is 5.06. The van der Waals surface area contributed by atoms with Gasteiger partial charge in [-0.25, -0.2) is 0 Å². The van der Waals surface area contributed by atoms with Crippen molar-refractivity contribution >= 4 is 16.7 Å². The summed E-state index contributed by atoms with van der Waals surface area (Å²) in [6.45, 7) is 0.690. The fourth-order valence-electron chi connectivity index (χ4n) is 3.61. The molecule has 0 amide bonds. The van der Waals surface area contributed by atoms with E-state index in [2.05, 4.69) is 0 Å². The highest BCUT2D eigenvalue weighted by Crippen LogP contribution is 2.33. The quantitative estimate of drug-likeness (QED) is 0.500. The van der Waals surface area contributed by atoms with Gasteiger partial charge in [0, 0.05) is 23.7 Å². The van der Waals surface area contributed by atoms with Crippen LogP contribution in [0.3, 0.4) is 0 Å². The van der Waals surface area contributed by atoms with Crippen LogP contribution in [0.25, 0.3) is 10.9 Å². The van der Waals surface area contributed by atoms with Crippen LogP contribution in [0.2, 0.25) is 0 Å². The van der Waals surface area contributed by atoms with Crippen LogP contribution in [0, 0.1) is 0 Å². The number of hydrogen-bond donors (Lipinski definition) is 0. The van der Waals surface area contributed by atoms with E-state index in [0.717, 1.165) is 11.1 Å². The molecule has 5 nitrogen and oxygen atoms in total. The fourth-order valence-corrected chi connectivity index (χ4v) is 3.61. The number of rotatable bonds is 4. The van der Waals surface area contributed by atoms with Crippen LogP contribution < -0.4 is 14.9 Å². The molecular formula is C24H17NO4. The van der Waals surface area contributed by atoms with Crippen LogP contribution in [-0.4, -0.2) is 17.1 Å². The molecule has 0 radical (unpaired) electrons. The van der Waals surface area contributed by atoms with Crippen molar-refractivity contribution in [3.8, 4) is 11.5 Å². The van der Waals surface area contributed by atoms with E-state index in [9.17, 15) is 9.59 Å². The Morgan fingerprint density at radius 2 is 1.66 bits per heavy atom. The number of carbonyl (C=O) groups is 1. The van der Waals surface area contributed by atoms with Crippen molar-refractivity contribution in [2.45, 2.75) is 6.54 Å². The lowest BCUT2D eigenvalue weighted by atomic mass is 10.0. The first-order valence-electron chi connectivity index (χ1n) is 9.31. The first-order valence-corrected chi connectivity index (χ1v) is 9.31. The lowest BCUT2D eigenvalue weighted by Crippen LogP contribution is -2.20. The van der Waals surface area contributed by atoms with Crippen LogP contribution in [0.1, 0.15) is 21.5 Å². The minimum atomic E-state index is -0.333. The van der Waals surface area contributed by atoms with Crippen molar-refractivity contribution in [3.63, 3.8) is 0 Å². The van der Waals surface area contributed by atoms with Gasteiger partial charge in [0.05, 0.1) is 11.1 Å². The molecular weight excluding hydrogens is 366 g/mol. The Morgan fingerprint density at radius 3 is 2.52 bits per heavy atom. The molecule has 0 atom stereocenters. The first-order chi connectivity index (χ1) is 14.2. The Labute approximate surface area is 166 Å². The number of pyridine rings is 1. The predicted molar refractivity (Wildman–Crippen MR) is 110 cm³/mol. The van der Waals surface area contributed by atoms with Gasteiger partial charge in [-0.3, -0.25) is 9.59 Å². The van der Waals surface area contributed by atoms with Gasteiger partial charge in [0.25, 0.3) is 0 Å². The zero-order valence-corrected chi connectivity index (χ0v) is 15.5. The third kappa shape index (κ3) is 3.06. The molecule has 1 aliphatic rings. The number of ether oxygens (including phenoxy) is 2. The average molecular weight is 383 g/mol. The van der Waals surface area contributed by atoms with Crippen molar-refractivity contribution < 1.29 is 14.3 Å². The zero-order chi connectivity index (χ0) is 19.8.